The summed E-state index contributed by atoms with van der Waals surface area (Å²) in [5.41, 5.74) is -0.938. The number of carbonyl (C=O) groups is 2. The van der Waals surface area contributed by atoms with Gasteiger partial charge in [-0.2, -0.15) is 0 Å². The van der Waals surface area contributed by atoms with Crippen LogP contribution in [0.3, 0.4) is 0 Å². The average Bonchev–Trinajstić information content (AvgIpc) is 2.54. The fourth-order valence-electron chi connectivity index (χ4n) is 2.28. The number of benzene rings is 1. The SMILES string of the molecule is O=C(CSc1cc(Cl)ccc1Cl)NCC1(C(=O)O)CCOCC1. The highest BCUT2D eigenvalue weighted by atomic mass is 35.5. The molecule has 1 saturated heterocycles. The second-order valence-corrected chi connectivity index (χ2v) is 7.20. The van der Waals surface area contributed by atoms with E-state index >= 15 is 0 Å². The fourth-order valence-corrected chi connectivity index (χ4v) is 3.60. The third kappa shape index (κ3) is 5.01. The summed E-state index contributed by atoms with van der Waals surface area (Å²) in [7, 11) is 0. The van der Waals surface area contributed by atoms with Crippen molar-refractivity contribution in [2.24, 2.45) is 5.41 Å². The maximum Gasteiger partial charge on any atom is 0.311 e. The summed E-state index contributed by atoms with van der Waals surface area (Å²) in [4.78, 5) is 24.2. The summed E-state index contributed by atoms with van der Waals surface area (Å²) in [6, 6.07) is 5.04. The first-order valence-electron chi connectivity index (χ1n) is 7.09. The molecule has 2 N–H and O–H groups in total. The van der Waals surface area contributed by atoms with E-state index in [-0.39, 0.29) is 18.2 Å². The molecule has 0 atom stereocenters. The molecule has 0 aliphatic carbocycles. The van der Waals surface area contributed by atoms with Crippen molar-refractivity contribution in [3.05, 3.63) is 28.2 Å². The van der Waals surface area contributed by atoms with E-state index in [2.05, 4.69) is 5.32 Å². The molecule has 126 valence electrons. The quantitative estimate of drug-likeness (QED) is 0.744. The fraction of sp³-hybridized carbons (Fsp3) is 0.467. The van der Waals surface area contributed by atoms with Gasteiger partial charge >= 0.3 is 5.97 Å². The molecule has 1 aliphatic heterocycles. The number of nitrogens with one attached hydrogen (secondary N) is 1. The zero-order chi connectivity index (χ0) is 16.9. The summed E-state index contributed by atoms with van der Waals surface area (Å²) in [5, 5.41) is 13.2. The number of amides is 1. The molecule has 1 aromatic rings. The van der Waals surface area contributed by atoms with E-state index in [1.54, 1.807) is 18.2 Å². The first kappa shape index (κ1) is 18.4. The van der Waals surface area contributed by atoms with Crippen LogP contribution in [0.1, 0.15) is 12.8 Å². The van der Waals surface area contributed by atoms with Gasteiger partial charge in [-0.05, 0) is 31.0 Å². The summed E-state index contributed by atoms with van der Waals surface area (Å²) in [6.07, 6.45) is 0.797. The van der Waals surface area contributed by atoms with Crippen molar-refractivity contribution in [3.63, 3.8) is 0 Å². The van der Waals surface area contributed by atoms with Gasteiger partial charge < -0.3 is 15.2 Å². The Kier molecular flexibility index (Phi) is 6.59. The van der Waals surface area contributed by atoms with Gasteiger partial charge in [0.15, 0.2) is 0 Å². The second-order valence-electron chi connectivity index (χ2n) is 5.34. The predicted molar refractivity (Wildman–Crippen MR) is 90.3 cm³/mol. The Morgan fingerprint density at radius 3 is 2.65 bits per heavy atom. The Bertz CT molecular complexity index is 591. The van der Waals surface area contributed by atoms with Gasteiger partial charge in [-0.15, -0.1) is 11.8 Å². The van der Waals surface area contributed by atoms with E-state index < -0.39 is 11.4 Å². The number of carboxylic acids is 1. The molecule has 0 bridgehead atoms. The number of rotatable bonds is 6. The molecular weight excluding hydrogens is 361 g/mol. The van der Waals surface area contributed by atoms with Crippen LogP contribution in [-0.2, 0) is 14.3 Å². The summed E-state index contributed by atoms with van der Waals surface area (Å²) in [5.74, 6) is -0.989. The molecule has 8 heteroatoms. The zero-order valence-corrected chi connectivity index (χ0v) is 14.6. The number of carbonyl (C=O) groups excluding carboxylic acids is 1. The summed E-state index contributed by atoms with van der Waals surface area (Å²) in [6.45, 7) is 0.901. The van der Waals surface area contributed by atoms with Crippen LogP contribution in [0.15, 0.2) is 23.1 Å². The van der Waals surface area contributed by atoms with Crippen molar-refractivity contribution in [1.82, 2.24) is 5.32 Å². The summed E-state index contributed by atoms with van der Waals surface area (Å²) >= 11 is 13.2. The Morgan fingerprint density at radius 2 is 2.00 bits per heavy atom. The molecule has 1 fully saturated rings. The lowest BCUT2D eigenvalue weighted by molar-refractivity contribution is -0.154. The standard InChI is InChI=1S/C15H17Cl2NO4S/c16-10-1-2-11(17)12(7-10)23-8-13(19)18-9-15(14(20)21)3-5-22-6-4-15/h1-2,7H,3-6,8-9H2,(H,18,19)(H,20,21). The van der Waals surface area contributed by atoms with Gasteiger partial charge in [0.05, 0.1) is 16.2 Å². The van der Waals surface area contributed by atoms with Crippen LogP contribution in [0, 0.1) is 5.41 Å². The monoisotopic (exact) mass is 377 g/mol. The number of hydrogen-bond donors (Lipinski definition) is 2. The molecule has 2 rings (SSSR count). The van der Waals surface area contributed by atoms with Crippen LogP contribution in [0.25, 0.3) is 0 Å². The molecule has 23 heavy (non-hydrogen) atoms. The number of carboxylic acid groups (broad SMARTS) is 1. The molecule has 0 unspecified atom stereocenters. The normalized spacial score (nSPS) is 16.8. The predicted octanol–water partition coefficient (Wildman–Crippen LogP) is 3.08. The third-order valence-corrected chi connectivity index (χ3v) is 5.51. The minimum absolute atomic E-state index is 0.106. The molecule has 1 aliphatic rings. The van der Waals surface area contributed by atoms with E-state index in [9.17, 15) is 14.7 Å². The van der Waals surface area contributed by atoms with Crippen molar-refractivity contribution in [2.45, 2.75) is 17.7 Å². The van der Waals surface area contributed by atoms with E-state index in [0.29, 0.717) is 41.0 Å². The molecule has 0 aromatic heterocycles. The molecule has 5 nitrogen and oxygen atoms in total. The number of thioether (sulfide) groups is 1. The molecular formula is C15H17Cl2NO4S. The van der Waals surface area contributed by atoms with Crippen molar-refractivity contribution in [3.8, 4) is 0 Å². The highest BCUT2D eigenvalue weighted by molar-refractivity contribution is 8.00. The maximum absolute atomic E-state index is 12.0. The highest BCUT2D eigenvalue weighted by Gasteiger charge is 2.40. The van der Waals surface area contributed by atoms with E-state index in [4.69, 9.17) is 27.9 Å². The molecule has 1 aromatic carbocycles. The maximum atomic E-state index is 12.0. The average molecular weight is 378 g/mol. The second kappa shape index (κ2) is 8.24. The first-order valence-corrected chi connectivity index (χ1v) is 8.83. The highest BCUT2D eigenvalue weighted by Crippen LogP contribution is 2.31. The lowest BCUT2D eigenvalue weighted by Gasteiger charge is -2.33. The van der Waals surface area contributed by atoms with Gasteiger partial charge in [-0.1, -0.05) is 23.2 Å². The van der Waals surface area contributed by atoms with Gasteiger partial charge in [0.25, 0.3) is 0 Å². The number of ether oxygens (including phenoxy) is 1. The van der Waals surface area contributed by atoms with Crippen molar-refractivity contribution >= 4 is 46.8 Å². The van der Waals surface area contributed by atoms with Crippen molar-refractivity contribution in [1.29, 1.82) is 0 Å². The van der Waals surface area contributed by atoms with Gasteiger partial charge in [0.1, 0.15) is 0 Å². The van der Waals surface area contributed by atoms with Gasteiger partial charge in [0.2, 0.25) is 5.91 Å². The van der Waals surface area contributed by atoms with Crippen LogP contribution >= 0.6 is 35.0 Å². The van der Waals surface area contributed by atoms with Crippen LogP contribution in [-0.4, -0.2) is 42.5 Å². The lowest BCUT2D eigenvalue weighted by Crippen LogP contribution is -2.46. The Morgan fingerprint density at radius 1 is 1.30 bits per heavy atom. The van der Waals surface area contributed by atoms with Gasteiger partial charge in [-0.3, -0.25) is 9.59 Å². The van der Waals surface area contributed by atoms with E-state index in [1.807, 2.05) is 0 Å². The van der Waals surface area contributed by atoms with Crippen LogP contribution in [0.5, 0.6) is 0 Å². The molecule has 1 heterocycles. The molecule has 0 radical (unpaired) electrons. The van der Waals surface area contributed by atoms with Crippen LogP contribution in [0.4, 0.5) is 0 Å². The van der Waals surface area contributed by atoms with E-state index in [0.717, 1.165) is 0 Å². The third-order valence-electron chi connectivity index (χ3n) is 3.78. The van der Waals surface area contributed by atoms with Gasteiger partial charge in [0, 0.05) is 29.7 Å². The summed E-state index contributed by atoms with van der Waals surface area (Å²) < 4.78 is 5.20. The molecule has 0 spiro atoms. The Balaban J connectivity index is 1.87. The molecule has 1 amide bonds. The number of hydrogen-bond acceptors (Lipinski definition) is 4. The Labute approximate surface area is 148 Å². The largest absolute Gasteiger partial charge is 0.481 e. The Hall–Kier alpha value is -0.950. The smallest absolute Gasteiger partial charge is 0.311 e. The minimum Gasteiger partial charge on any atom is -0.481 e. The van der Waals surface area contributed by atoms with Crippen molar-refractivity contribution in [2.75, 3.05) is 25.5 Å². The molecule has 0 saturated carbocycles. The topological polar surface area (TPSA) is 75.6 Å². The number of halogens is 2. The first-order chi connectivity index (χ1) is 10.9. The minimum atomic E-state index is -0.938. The zero-order valence-electron chi connectivity index (χ0n) is 12.3. The number of aliphatic carboxylic acids is 1. The van der Waals surface area contributed by atoms with Crippen LogP contribution < -0.4 is 5.32 Å². The lowest BCUT2D eigenvalue weighted by atomic mass is 9.80. The van der Waals surface area contributed by atoms with Gasteiger partial charge in [-0.25, -0.2) is 0 Å². The van der Waals surface area contributed by atoms with Crippen LogP contribution in [0.2, 0.25) is 10.0 Å². The van der Waals surface area contributed by atoms with Crippen molar-refractivity contribution < 1.29 is 19.4 Å². The van der Waals surface area contributed by atoms with E-state index in [1.165, 1.54) is 11.8 Å².